The van der Waals surface area contributed by atoms with Gasteiger partial charge in [0.1, 0.15) is 11.9 Å². The molecule has 1 amide bonds. The fourth-order valence-electron chi connectivity index (χ4n) is 2.15. The van der Waals surface area contributed by atoms with Gasteiger partial charge in [0.2, 0.25) is 0 Å². The first-order valence-electron chi connectivity index (χ1n) is 7.00. The molecule has 0 saturated carbocycles. The minimum absolute atomic E-state index is 0.267. The summed E-state index contributed by atoms with van der Waals surface area (Å²) in [5, 5.41) is 12.2. The molecule has 0 bridgehead atoms. The summed E-state index contributed by atoms with van der Waals surface area (Å²) in [6.07, 6.45) is 1.50. The lowest BCUT2D eigenvalue weighted by atomic mass is 10.1. The van der Waals surface area contributed by atoms with Gasteiger partial charge in [-0.3, -0.25) is 9.69 Å². The molecule has 0 aliphatic carbocycles. The van der Waals surface area contributed by atoms with Crippen LogP contribution < -0.4 is 16.0 Å². The van der Waals surface area contributed by atoms with E-state index in [1.807, 2.05) is 0 Å². The van der Waals surface area contributed by atoms with Crippen molar-refractivity contribution in [1.29, 1.82) is 0 Å². The zero-order valence-electron chi connectivity index (χ0n) is 12.9. The maximum absolute atomic E-state index is 12.8. The summed E-state index contributed by atoms with van der Waals surface area (Å²) in [5.74, 6) is -1.33. The van der Waals surface area contributed by atoms with Crippen LogP contribution in [0.4, 0.5) is 17.2 Å². The van der Waals surface area contributed by atoms with E-state index in [-0.39, 0.29) is 5.82 Å². The van der Waals surface area contributed by atoms with E-state index in [0.717, 1.165) is 4.90 Å². The molecule has 2 aromatic rings. The molecule has 0 fully saturated rings. The van der Waals surface area contributed by atoms with E-state index in [4.69, 9.17) is 5.73 Å². The van der Waals surface area contributed by atoms with E-state index in [1.54, 1.807) is 37.4 Å². The maximum Gasteiger partial charge on any atom is 0.326 e. The first kappa shape index (κ1) is 16.3. The lowest BCUT2D eigenvalue weighted by Gasteiger charge is -2.25. The third-order valence-electron chi connectivity index (χ3n) is 3.43. The molecule has 1 atom stereocenters. The van der Waals surface area contributed by atoms with Crippen molar-refractivity contribution in [2.75, 3.05) is 23.0 Å². The van der Waals surface area contributed by atoms with Crippen LogP contribution >= 0.6 is 0 Å². The summed E-state index contributed by atoms with van der Waals surface area (Å²) in [6.45, 7) is 1.43. The molecule has 4 N–H and O–H groups in total. The molecule has 23 heavy (non-hydrogen) atoms. The maximum atomic E-state index is 12.8. The van der Waals surface area contributed by atoms with Gasteiger partial charge >= 0.3 is 5.97 Å². The van der Waals surface area contributed by atoms with Gasteiger partial charge in [-0.05, 0) is 37.3 Å². The first-order valence-corrected chi connectivity index (χ1v) is 7.00. The number of carbonyl (C=O) groups excluding carboxylic acids is 1. The highest BCUT2D eigenvalue weighted by Crippen LogP contribution is 2.23. The highest BCUT2D eigenvalue weighted by atomic mass is 16.4. The van der Waals surface area contributed by atoms with E-state index < -0.39 is 17.9 Å². The average molecular weight is 314 g/mol. The zero-order valence-corrected chi connectivity index (χ0v) is 12.9. The predicted octanol–water partition coefficient (Wildman–Crippen LogP) is 1.83. The van der Waals surface area contributed by atoms with E-state index >= 15 is 0 Å². The molecule has 1 unspecified atom stereocenters. The minimum atomic E-state index is -1.12. The van der Waals surface area contributed by atoms with E-state index in [1.165, 1.54) is 19.2 Å². The number of nitrogens with two attached hydrogens (primary N) is 1. The molecule has 1 heterocycles. The van der Waals surface area contributed by atoms with Crippen molar-refractivity contribution < 1.29 is 14.7 Å². The van der Waals surface area contributed by atoms with Gasteiger partial charge in [-0.25, -0.2) is 9.78 Å². The number of nitrogen functional groups attached to an aromatic ring is 1. The molecule has 0 spiro atoms. The summed E-state index contributed by atoms with van der Waals surface area (Å²) in [5.41, 5.74) is 7.27. The van der Waals surface area contributed by atoms with Crippen LogP contribution in [0.2, 0.25) is 0 Å². The molecule has 0 radical (unpaired) electrons. The van der Waals surface area contributed by atoms with Crippen LogP contribution in [-0.4, -0.2) is 35.1 Å². The smallest absolute Gasteiger partial charge is 0.326 e. The molecule has 7 nitrogen and oxygen atoms in total. The number of benzene rings is 1. The highest BCUT2D eigenvalue weighted by molar-refractivity contribution is 6.09. The van der Waals surface area contributed by atoms with Crippen molar-refractivity contribution in [3.63, 3.8) is 0 Å². The Hall–Kier alpha value is -3.09. The fourth-order valence-corrected chi connectivity index (χ4v) is 2.15. The van der Waals surface area contributed by atoms with Crippen molar-refractivity contribution in [2.24, 2.45) is 0 Å². The highest BCUT2D eigenvalue weighted by Gasteiger charge is 2.29. The van der Waals surface area contributed by atoms with Crippen molar-refractivity contribution in [2.45, 2.75) is 13.0 Å². The Kier molecular flexibility index (Phi) is 4.80. The molecule has 120 valence electrons. The van der Waals surface area contributed by atoms with Crippen LogP contribution in [0.1, 0.15) is 17.3 Å². The quantitative estimate of drug-likeness (QED) is 0.726. The van der Waals surface area contributed by atoms with Gasteiger partial charge in [0.25, 0.3) is 5.91 Å². The number of carboxylic acids is 1. The summed E-state index contributed by atoms with van der Waals surface area (Å²) in [7, 11) is 1.72. The van der Waals surface area contributed by atoms with Gasteiger partial charge in [-0.2, -0.15) is 0 Å². The molecule has 0 aliphatic heterocycles. The number of rotatable bonds is 5. The number of aromatic nitrogens is 1. The number of amides is 1. The van der Waals surface area contributed by atoms with Crippen LogP contribution in [0.15, 0.2) is 42.6 Å². The summed E-state index contributed by atoms with van der Waals surface area (Å²) in [4.78, 5) is 29.4. The molecule has 7 heteroatoms. The second-order valence-electron chi connectivity index (χ2n) is 4.93. The summed E-state index contributed by atoms with van der Waals surface area (Å²) < 4.78 is 0. The molecule has 1 aromatic heterocycles. The number of anilines is 3. The molecule has 0 saturated heterocycles. The number of hydrogen-bond donors (Lipinski definition) is 3. The third-order valence-corrected chi connectivity index (χ3v) is 3.43. The number of pyridine rings is 1. The molecular formula is C16H18N4O3. The predicted molar refractivity (Wildman–Crippen MR) is 88.5 cm³/mol. The van der Waals surface area contributed by atoms with Crippen LogP contribution in [0, 0.1) is 0 Å². The van der Waals surface area contributed by atoms with Gasteiger partial charge in [0.05, 0.1) is 11.4 Å². The van der Waals surface area contributed by atoms with Crippen LogP contribution in [-0.2, 0) is 4.79 Å². The second kappa shape index (κ2) is 6.78. The fraction of sp³-hybridized carbons (Fsp3) is 0.188. The minimum Gasteiger partial charge on any atom is -0.480 e. The van der Waals surface area contributed by atoms with Crippen LogP contribution in [0.25, 0.3) is 0 Å². The number of nitrogens with one attached hydrogen (secondary N) is 1. The first-order chi connectivity index (χ1) is 11.0. The van der Waals surface area contributed by atoms with Gasteiger partial charge in [0, 0.05) is 18.8 Å². The lowest BCUT2D eigenvalue weighted by Crippen LogP contribution is -2.44. The number of carbonyl (C=O) groups is 2. The number of carboxylic acid groups (broad SMARTS) is 1. The van der Waals surface area contributed by atoms with Gasteiger partial charge < -0.3 is 16.2 Å². The Morgan fingerprint density at radius 1 is 1.30 bits per heavy atom. The largest absolute Gasteiger partial charge is 0.480 e. The summed E-state index contributed by atoms with van der Waals surface area (Å²) >= 11 is 0. The standard InChI is InChI=1S/C16H18N4O3/c1-10(16(22)23)20(14-5-3-4-8-19-14)15(21)11-6-7-13(18-2)12(17)9-11/h3-10,18H,17H2,1-2H3,(H,22,23). The van der Waals surface area contributed by atoms with Crippen molar-refractivity contribution in [1.82, 2.24) is 4.98 Å². The van der Waals surface area contributed by atoms with E-state index in [0.29, 0.717) is 16.9 Å². The van der Waals surface area contributed by atoms with Crippen LogP contribution in [0.5, 0.6) is 0 Å². The zero-order chi connectivity index (χ0) is 17.0. The van der Waals surface area contributed by atoms with Gasteiger partial charge in [-0.1, -0.05) is 6.07 Å². The van der Waals surface area contributed by atoms with Crippen molar-refractivity contribution in [3.8, 4) is 0 Å². The Labute approximate surface area is 133 Å². The third kappa shape index (κ3) is 3.39. The molecule has 1 aromatic carbocycles. The summed E-state index contributed by atoms with van der Waals surface area (Å²) in [6, 6.07) is 8.68. The Bertz CT molecular complexity index is 719. The topological polar surface area (TPSA) is 109 Å². The van der Waals surface area contributed by atoms with Crippen molar-refractivity contribution in [3.05, 3.63) is 48.2 Å². The van der Waals surface area contributed by atoms with Crippen molar-refractivity contribution >= 4 is 29.1 Å². The molecule has 0 aliphatic rings. The monoisotopic (exact) mass is 314 g/mol. The Morgan fingerprint density at radius 3 is 2.57 bits per heavy atom. The van der Waals surface area contributed by atoms with E-state index in [9.17, 15) is 14.7 Å². The molecule has 2 rings (SSSR count). The van der Waals surface area contributed by atoms with Gasteiger partial charge in [-0.15, -0.1) is 0 Å². The van der Waals surface area contributed by atoms with Gasteiger partial charge in [0.15, 0.2) is 0 Å². The normalized spacial score (nSPS) is 11.6. The van der Waals surface area contributed by atoms with E-state index in [2.05, 4.69) is 10.3 Å². The SMILES string of the molecule is CNc1ccc(C(=O)N(c2ccccn2)C(C)C(=O)O)cc1N. The molecular weight excluding hydrogens is 296 g/mol. The average Bonchev–Trinajstić information content (AvgIpc) is 2.55. The van der Waals surface area contributed by atoms with Crippen LogP contribution in [0.3, 0.4) is 0 Å². The Morgan fingerprint density at radius 2 is 2.04 bits per heavy atom. The number of aliphatic carboxylic acids is 1. The lowest BCUT2D eigenvalue weighted by molar-refractivity contribution is -0.138. The Balaban J connectivity index is 2.45. The second-order valence-corrected chi connectivity index (χ2v) is 4.93. The number of nitrogens with zero attached hydrogens (tertiary/aromatic N) is 2. The number of hydrogen-bond acceptors (Lipinski definition) is 5.